The highest BCUT2D eigenvalue weighted by atomic mass is 32.2. The fourth-order valence-corrected chi connectivity index (χ4v) is 3.60. The van der Waals surface area contributed by atoms with Gasteiger partial charge in [0.1, 0.15) is 0 Å². The molecule has 5 nitrogen and oxygen atoms in total. The summed E-state index contributed by atoms with van der Waals surface area (Å²) >= 11 is 0. The van der Waals surface area contributed by atoms with Crippen LogP contribution in [-0.4, -0.2) is 45.0 Å². The number of alkyl halides is 3. The molecule has 0 saturated carbocycles. The number of sulfonamides is 1. The number of halogens is 3. The monoisotopic (exact) mass is 300 g/mol. The van der Waals surface area contributed by atoms with Gasteiger partial charge in [0, 0.05) is 18.6 Å². The number of fused-ring (bicyclic) bond motifs is 3. The summed E-state index contributed by atoms with van der Waals surface area (Å²) < 4.78 is 66.4. The van der Waals surface area contributed by atoms with Gasteiger partial charge >= 0.3 is 22.7 Å². The maximum absolute atomic E-state index is 12.6. The predicted molar refractivity (Wildman–Crippen MR) is 63.3 cm³/mol. The van der Waals surface area contributed by atoms with Crippen molar-refractivity contribution in [3.05, 3.63) is 0 Å². The van der Waals surface area contributed by atoms with E-state index < -0.39 is 28.1 Å². The summed E-state index contributed by atoms with van der Waals surface area (Å²) in [5.41, 5.74) is -5.84. The van der Waals surface area contributed by atoms with Gasteiger partial charge in [0.15, 0.2) is 0 Å². The molecule has 0 aromatic heterocycles. The van der Waals surface area contributed by atoms with E-state index >= 15 is 0 Å². The molecule has 0 aliphatic carbocycles. The van der Waals surface area contributed by atoms with Crippen molar-refractivity contribution in [2.24, 2.45) is 5.41 Å². The standard InChI is InChI=1S/C9H16BF3N2O3S/c1-2-3-4-8-5-14-10(18-7-8)15(6-8)19(16,17)9(11,12)13/h14H,2-7H2,1H3. The predicted octanol–water partition coefficient (Wildman–Crippen LogP) is 0.933. The van der Waals surface area contributed by atoms with Gasteiger partial charge in [-0.25, -0.2) is 8.42 Å². The largest absolute Gasteiger partial charge is 0.510 e. The zero-order valence-corrected chi connectivity index (χ0v) is 11.4. The minimum Gasteiger partial charge on any atom is -0.407 e. The van der Waals surface area contributed by atoms with Crippen LogP contribution in [0.4, 0.5) is 13.2 Å². The molecule has 0 amide bonds. The van der Waals surface area contributed by atoms with Gasteiger partial charge in [-0.2, -0.15) is 17.4 Å². The fraction of sp³-hybridized carbons (Fsp3) is 1.00. The lowest BCUT2D eigenvalue weighted by Crippen LogP contribution is -2.72. The second-order valence-electron chi connectivity index (χ2n) is 5.14. The molecule has 1 atom stereocenters. The molecule has 110 valence electrons. The van der Waals surface area contributed by atoms with E-state index in [2.05, 4.69) is 5.23 Å². The molecule has 1 N–H and O–H groups in total. The summed E-state index contributed by atoms with van der Waals surface area (Å²) in [6.07, 6.45) is 2.37. The Morgan fingerprint density at radius 2 is 2.16 bits per heavy atom. The Morgan fingerprint density at radius 3 is 2.63 bits per heavy atom. The molecule has 0 aromatic carbocycles. The van der Waals surface area contributed by atoms with Gasteiger partial charge in [0.05, 0.1) is 0 Å². The van der Waals surface area contributed by atoms with Crippen LogP contribution in [0.5, 0.6) is 0 Å². The Hall–Kier alpha value is -0.315. The summed E-state index contributed by atoms with van der Waals surface area (Å²) in [6, 6.07) is 0. The van der Waals surface area contributed by atoms with Gasteiger partial charge in [-0.15, -0.1) is 0 Å². The second kappa shape index (κ2) is 4.90. The van der Waals surface area contributed by atoms with Gasteiger partial charge in [0.25, 0.3) is 0 Å². The van der Waals surface area contributed by atoms with Gasteiger partial charge in [0.2, 0.25) is 0 Å². The van der Waals surface area contributed by atoms with Crippen LogP contribution in [0.15, 0.2) is 0 Å². The summed E-state index contributed by atoms with van der Waals surface area (Å²) in [6.45, 7) is 2.63. The van der Waals surface area contributed by atoms with Crippen LogP contribution in [0.25, 0.3) is 0 Å². The molecule has 3 rings (SSSR count). The number of nitrogens with zero attached hydrogens (tertiary/aromatic N) is 1. The SMILES string of the molecule is CCCCC12CNB(OC1)N(S(=O)(=O)C(F)(F)F)C2. The zero-order chi connectivity index (χ0) is 14.3. The smallest absolute Gasteiger partial charge is 0.407 e. The first-order valence-corrected chi connectivity index (χ1v) is 7.59. The average molecular weight is 300 g/mol. The lowest BCUT2D eigenvalue weighted by Gasteiger charge is -2.50. The summed E-state index contributed by atoms with van der Waals surface area (Å²) in [5.74, 6) is 0. The highest BCUT2D eigenvalue weighted by Gasteiger charge is 2.60. The highest BCUT2D eigenvalue weighted by molar-refractivity contribution is 7.91. The summed E-state index contributed by atoms with van der Waals surface area (Å²) in [4.78, 5) is 0. The fourth-order valence-electron chi connectivity index (χ4n) is 2.50. The molecule has 0 radical (unpaired) electrons. The molecule has 0 spiro atoms. The van der Waals surface area contributed by atoms with Gasteiger partial charge in [-0.3, -0.25) is 0 Å². The molecule has 3 fully saturated rings. The van der Waals surface area contributed by atoms with Crippen molar-refractivity contribution in [3.8, 4) is 0 Å². The van der Waals surface area contributed by atoms with E-state index in [-0.39, 0.29) is 6.54 Å². The molecule has 0 aromatic rings. The van der Waals surface area contributed by atoms with E-state index in [1.165, 1.54) is 0 Å². The molecule has 1 unspecified atom stereocenters. The van der Waals surface area contributed by atoms with E-state index in [0.717, 1.165) is 12.8 Å². The van der Waals surface area contributed by atoms with Crippen molar-refractivity contribution in [1.29, 1.82) is 0 Å². The van der Waals surface area contributed by atoms with Crippen molar-refractivity contribution in [3.63, 3.8) is 0 Å². The Kier molecular flexibility index (Phi) is 3.89. The van der Waals surface area contributed by atoms with E-state index in [1.54, 1.807) is 0 Å². The molecule has 3 saturated heterocycles. The molecular formula is C9H16BF3N2O3S. The minimum absolute atomic E-state index is 0.132. The van der Waals surface area contributed by atoms with Crippen LogP contribution in [0.2, 0.25) is 0 Å². The van der Waals surface area contributed by atoms with Gasteiger partial charge < -0.3 is 9.88 Å². The van der Waals surface area contributed by atoms with Crippen molar-refractivity contribution in [1.82, 2.24) is 9.44 Å². The minimum atomic E-state index is -5.35. The number of hydrogen-bond donors (Lipinski definition) is 1. The molecular weight excluding hydrogens is 284 g/mol. The summed E-state index contributed by atoms with van der Waals surface area (Å²) in [5, 5.41) is 2.72. The van der Waals surface area contributed by atoms with Crippen LogP contribution in [0.1, 0.15) is 26.2 Å². The average Bonchev–Trinajstić information content (AvgIpc) is 2.36. The van der Waals surface area contributed by atoms with Crippen LogP contribution >= 0.6 is 0 Å². The topological polar surface area (TPSA) is 58.6 Å². The van der Waals surface area contributed by atoms with Crippen LogP contribution < -0.4 is 5.23 Å². The first kappa shape index (κ1) is 15.1. The van der Waals surface area contributed by atoms with Crippen molar-refractivity contribution < 1.29 is 26.2 Å². The Balaban J connectivity index is 2.21. The third-order valence-corrected chi connectivity index (χ3v) is 5.14. The lowest BCUT2D eigenvalue weighted by molar-refractivity contribution is -0.0516. The van der Waals surface area contributed by atoms with E-state index in [9.17, 15) is 21.6 Å². The number of unbranched alkanes of at least 4 members (excludes halogenated alkanes) is 1. The number of nitrogens with one attached hydrogen (secondary N) is 1. The molecule has 19 heavy (non-hydrogen) atoms. The van der Waals surface area contributed by atoms with Crippen LogP contribution in [-0.2, 0) is 14.7 Å². The van der Waals surface area contributed by atoms with E-state index in [4.69, 9.17) is 4.65 Å². The molecule has 2 bridgehead atoms. The second-order valence-corrected chi connectivity index (χ2v) is 7.03. The summed E-state index contributed by atoms with van der Waals surface area (Å²) in [7, 11) is -6.55. The lowest BCUT2D eigenvalue weighted by atomic mass is 9.73. The maximum Gasteiger partial charge on any atom is 0.510 e. The number of rotatable bonds is 4. The van der Waals surface area contributed by atoms with Crippen molar-refractivity contribution in [2.45, 2.75) is 31.7 Å². The van der Waals surface area contributed by atoms with Crippen LogP contribution in [0, 0.1) is 5.41 Å². The zero-order valence-electron chi connectivity index (χ0n) is 10.5. The normalized spacial score (nSPS) is 28.9. The first-order valence-electron chi connectivity index (χ1n) is 6.15. The highest BCUT2D eigenvalue weighted by Crippen LogP contribution is 2.38. The Labute approximate surface area is 110 Å². The van der Waals surface area contributed by atoms with Gasteiger partial charge in [-0.05, 0) is 13.0 Å². The Bertz CT molecular complexity index is 434. The molecule has 10 heteroatoms. The maximum atomic E-state index is 12.6. The van der Waals surface area contributed by atoms with Crippen LogP contribution in [0.3, 0.4) is 0 Å². The quantitative estimate of drug-likeness (QED) is 0.785. The van der Waals surface area contributed by atoms with Crippen molar-refractivity contribution >= 4 is 17.2 Å². The van der Waals surface area contributed by atoms with Crippen molar-refractivity contribution in [2.75, 3.05) is 19.7 Å². The first-order chi connectivity index (χ1) is 8.72. The Morgan fingerprint density at radius 1 is 1.47 bits per heavy atom. The third-order valence-electron chi connectivity index (χ3n) is 3.61. The molecule has 3 heterocycles. The number of hydrogen-bond acceptors (Lipinski definition) is 4. The van der Waals surface area contributed by atoms with E-state index in [0.29, 0.717) is 23.8 Å². The van der Waals surface area contributed by atoms with E-state index in [1.807, 2.05) is 6.92 Å². The molecule has 3 aliphatic heterocycles. The third kappa shape index (κ3) is 2.63. The molecule has 3 aliphatic rings. The van der Waals surface area contributed by atoms with Gasteiger partial charge in [-0.1, -0.05) is 19.8 Å².